The molecule has 0 amide bonds. The van der Waals surface area contributed by atoms with E-state index in [1.807, 2.05) is 30.3 Å². The van der Waals surface area contributed by atoms with E-state index in [1.54, 1.807) is 17.6 Å². The van der Waals surface area contributed by atoms with Gasteiger partial charge in [0.05, 0.1) is 29.0 Å². The average molecular weight is 476 g/mol. The normalized spacial score (nSPS) is 17.9. The first-order chi connectivity index (χ1) is 16.8. The van der Waals surface area contributed by atoms with Crippen LogP contribution in [0.1, 0.15) is 55.7 Å². The first kappa shape index (κ1) is 22.8. The van der Waals surface area contributed by atoms with Crippen LogP contribution in [0.4, 0.5) is 0 Å². The SMILES string of the molecule is CC[C@@]1(OC(=O)CCCCC(=O)O)C(=O)OCc2c1cc1n(c2=O)Cc2cc3ccccc3nc2-1. The molecule has 1 atom stereocenters. The minimum atomic E-state index is -1.74. The number of carbonyl (C=O) groups excluding carboxylic acids is 2. The third-order valence-electron chi connectivity index (χ3n) is 6.69. The molecule has 2 aliphatic rings. The molecule has 2 aromatic heterocycles. The molecule has 0 bridgehead atoms. The maximum absolute atomic E-state index is 13.5. The summed E-state index contributed by atoms with van der Waals surface area (Å²) in [6, 6.07) is 11.4. The maximum Gasteiger partial charge on any atom is 0.355 e. The monoisotopic (exact) mass is 476 g/mol. The number of carboxylic acids is 1. The smallest absolute Gasteiger partial charge is 0.355 e. The number of cyclic esters (lactones) is 1. The summed E-state index contributed by atoms with van der Waals surface area (Å²) in [4.78, 5) is 54.6. The highest BCUT2D eigenvalue weighted by Crippen LogP contribution is 2.41. The van der Waals surface area contributed by atoms with E-state index in [4.69, 9.17) is 19.6 Å². The molecule has 0 aliphatic carbocycles. The van der Waals surface area contributed by atoms with Crippen LogP contribution in [-0.4, -0.2) is 32.6 Å². The van der Waals surface area contributed by atoms with E-state index in [2.05, 4.69) is 0 Å². The molecule has 9 heteroatoms. The third kappa shape index (κ3) is 3.77. The van der Waals surface area contributed by atoms with Crippen LogP contribution >= 0.6 is 0 Å². The van der Waals surface area contributed by atoms with Crippen molar-refractivity contribution in [2.45, 2.75) is 57.8 Å². The lowest BCUT2D eigenvalue weighted by Crippen LogP contribution is -2.47. The maximum atomic E-state index is 13.5. The summed E-state index contributed by atoms with van der Waals surface area (Å²) in [7, 11) is 0. The summed E-state index contributed by atoms with van der Waals surface area (Å²) >= 11 is 0. The van der Waals surface area contributed by atoms with Crippen molar-refractivity contribution in [3.63, 3.8) is 0 Å². The number of nitrogens with zero attached hydrogens (tertiary/aromatic N) is 2. The molecule has 2 aliphatic heterocycles. The van der Waals surface area contributed by atoms with Gasteiger partial charge in [-0.3, -0.25) is 14.4 Å². The van der Waals surface area contributed by atoms with Gasteiger partial charge in [0, 0.05) is 29.4 Å². The number of hydrogen-bond donors (Lipinski definition) is 1. The second-order valence-electron chi connectivity index (χ2n) is 8.83. The molecular weight excluding hydrogens is 452 g/mol. The van der Waals surface area contributed by atoms with E-state index >= 15 is 0 Å². The molecule has 0 fully saturated rings. The highest BCUT2D eigenvalue weighted by Gasteiger charge is 2.50. The largest absolute Gasteiger partial charge is 0.481 e. The zero-order valence-electron chi connectivity index (χ0n) is 19.2. The first-order valence-corrected chi connectivity index (χ1v) is 11.6. The van der Waals surface area contributed by atoms with Gasteiger partial charge in [-0.05, 0) is 37.5 Å². The molecule has 5 rings (SSSR count). The van der Waals surface area contributed by atoms with E-state index in [0.29, 0.717) is 36.3 Å². The van der Waals surface area contributed by atoms with Crippen molar-refractivity contribution in [2.24, 2.45) is 0 Å². The summed E-state index contributed by atoms with van der Waals surface area (Å²) in [5, 5.41) is 9.75. The average Bonchev–Trinajstić information content (AvgIpc) is 3.20. The molecule has 1 N–H and O–H groups in total. The zero-order chi connectivity index (χ0) is 24.7. The summed E-state index contributed by atoms with van der Waals surface area (Å²) in [5.41, 5.74) is 1.48. The number of esters is 2. The van der Waals surface area contributed by atoms with Gasteiger partial charge in [0.1, 0.15) is 6.61 Å². The van der Waals surface area contributed by atoms with Crippen LogP contribution in [0.2, 0.25) is 0 Å². The summed E-state index contributed by atoms with van der Waals surface area (Å²) < 4.78 is 12.7. The van der Waals surface area contributed by atoms with Crippen LogP contribution < -0.4 is 5.56 Å². The molecule has 3 aromatic rings. The van der Waals surface area contributed by atoms with Crippen LogP contribution in [0, 0.1) is 0 Å². The molecule has 0 saturated heterocycles. The molecule has 9 nitrogen and oxygen atoms in total. The lowest BCUT2D eigenvalue weighted by Gasteiger charge is -2.35. The lowest BCUT2D eigenvalue weighted by molar-refractivity contribution is -0.189. The second-order valence-corrected chi connectivity index (χ2v) is 8.83. The molecule has 4 heterocycles. The van der Waals surface area contributed by atoms with Crippen LogP contribution in [0.3, 0.4) is 0 Å². The fraction of sp³-hybridized carbons (Fsp3) is 0.346. The molecule has 180 valence electrons. The Hall–Kier alpha value is -4.01. The highest BCUT2D eigenvalue weighted by atomic mass is 16.6. The van der Waals surface area contributed by atoms with E-state index in [1.165, 1.54) is 0 Å². The minimum Gasteiger partial charge on any atom is -0.481 e. The summed E-state index contributed by atoms with van der Waals surface area (Å²) in [5.74, 6) is -2.31. The van der Waals surface area contributed by atoms with E-state index < -0.39 is 23.5 Å². The molecule has 1 aromatic carbocycles. The molecule has 35 heavy (non-hydrogen) atoms. The van der Waals surface area contributed by atoms with Gasteiger partial charge in [0.15, 0.2) is 0 Å². The number of aliphatic carboxylic acids is 1. The predicted octanol–water partition coefficient (Wildman–Crippen LogP) is 3.28. The molecule has 0 spiro atoms. The third-order valence-corrected chi connectivity index (χ3v) is 6.69. The number of rotatable bonds is 7. The van der Waals surface area contributed by atoms with Crippen LogP contribution in [0.25, 0.3) is 22.3 Å². The van der Waals surface area contributed by atoms with Crippen molar-refractivity contribution in [3.05, 3.63) is 63.4 Å². The van der Waals surface area contributed by atoms with E-state index in [0.717, 1.165) is 16.5 Å². The number of fused-ring (bicyclic) bond motifs is 5. The number of carboxylic acid groups (broad SMARTS) is 1. The fourth-order valence-corrected chi connectivity index (χ4v) is 4.87. The van der Waals surface area contributed by atoms with Crippen LogP contribution in [0.5, 0.6) is 0 Å². The van der Waals surface area contributed by atoms with E-state index in [-0.39, 0.29) is 37.0 Å². The van der Waals surface area contributed by atoms with Crippen molar-refractivity contribution < 1.29 is 29.0 Å². The van der Waals surface area contributed by atoms with Gasteiger partial charge in [-0.15, -0.1) is 0 Å². The van der Waals surface area contributed by atoms with Crippen LogP contribution in [-0.2, 0) is 42.6 Å². The van der Waals surface area contributed by atoms with Gasteiger partial charge < -0.3 is 19.1 Å². The Morgan fingerprint density at radius 1 is 1.17 bits per heavy atom. The Balaban J connectivity index is 1.55. The predicted molar refractivity (Wildman–Crippen MR) is 125 cm³/mol. The van der Waals surface area contributed by atoms with Crippen molar-refractivity contribution >= 4 is 28.8 Å². The van der Waals surface area contributed by atoms with Gasteiger partial charge in [0.25, 0.3) is 5.56 Å². The molecular formula is C26H24N2O7. The number of aromatic nitrogens is 2. The summed E-state index contributed by atoms with van der Waals surface area (Å²) in [6.45, 7) is 1.85. The first-order valence-electron chi connectivity index (χ1n) is 11.6. The lowest BCUT2D eigenvalue weighted by atomic mass is 9.85. The van der Waals surface area contributed by atoms with Crippen LogP contribution in [0.15, 0.2) is 41.2 Å². The van der Waals surface area contributed by atoms with Crippen molar-refractivity contribution in [3.8, 4) is 11.4 Å². The number of para-hydroxylation sites is 1. The number of hydrogen-bond acceptors (Lipinski definition) is 7. The van der Waals surface area contributed by atoms with Crippen molar-refractivity contribution in [1.82, 2.24) is 9.55 Å². The second kappa shape index (κ2) is 8.65. The van der Waals surface area contributed by atoms with Gasteiger partial charge in [0.2, 0.25) is 5.60 Å². The van der Waals surface area contributed by atoms with Gasteiger partial charge in [-0.25, -0.2) is 9.78 Å². The number of ether oxygens (including phenoxy) is 2. The number of carbonyl (C=O) groups is 3. The number of benzene rings is 1. The molecule has 0 saturated carbocycles. The molecule has 0 unspecified atom stereocenters. The van der Waals surface area contributed by atoms with Crippen molar-refractivity contribution in [2.75, 3.05) is 0 Å². The Morgan fingerprint density at radius 3 is 2.71 bits per heavy atom. The number of pyridine rings is 2. The fourth-order valence-electron chi connectivity index (χ4n) is 4.87. The zero-order valence-corrected chi connectivity index (χ0v) is 19.2. The van der Waals surface area contributed by atoms with Gasteiger partial charge in [-0.2, -0.15) is 0 Å². The van der Waals surface area contributed by atoms with Gasteiger partial charge >= 0.3 is 17.9 Å². The Bertz CT molecular complexity index is 1440. The Kier molecular flexibility index (Phi) is 5.62. The van der Waals surface area contributed by atoms with Crippen molar-refractivity contribution in [1.29, 1.82) is 0 Å². The topological polar surface area (TPSA) is 125 Å². The van der Waals surface area contributed by atoms with E-state index in [9.17, 15) is 19.2 Å². The summed E-state index contributed by atoms with van der Waals surface area (Å²) in [6.07, 6.45) is 0.611. The number of unbranched alkanes of at least 4 members (excludes halogenated alkanes) is 1. The Morgan fingerprint density at radius 2 is 1.94 bits per heavy atom. The minimum absolute atomic E-state index is 0.0437. The standard InChI is InChI=1S/C26H24N2O7/c1-2-26(35-22(31)10-6-5-9-21(29)30)18-12-20-23-16(11-15-7-3-4-8-19(15)27-23)13-28(20)24(32)17(18)14-34-25(26)33/h3-4,7-8,11-12H,2,5-6,9-10,13-14H2,1H3,(H,29,30)/t26-/m0/s1. The quantitative estimate of drug-likeness (QED) is 0.318. The van der Waals surface area contributed by atoms with Gasteiger partial charge in [-0.1, -0.05) is 25.1 Å². The molecule has 0 radical (unpaired) electrons. The Labute approximate surface area is 200 Å². The highest BCUT2D eigenvalue weighted by molar-refractivity contribution is 5.88.